The summed E-state index contributed by atoms with van der Waals surface area (Å²) in [6.45, 7) is 0. The third-order valence-corrected chi connectivity index (χ3v) is 8.69. The molecular weight excluding hydrogens is 438 g/mol. The van der Waals surface area contributed by atoms with Crippen molar-refractivity contribution >= 4 is 43.2 Å². The molecule has 1 aliphatic rings. The predicted molar refractivity (Wildman–Crippen MR) is 111 cm³/mol. The second-order valence-electron chi connectivity index (χ2n) is 6.89. The normalized spacial score (nSPS) is 14.5. The minimum atomic E-state index is -4.60. The molecule has 0 unspecified atom stereocenters. The Bertz CT molecular complexity index is 1230. The lowest BCUT2D eigenvalue weighted by molar-refractivity contribution is 0.234. The maximum atomic E-state index is 12.9. The second-order valence-corrected chi connectivity index (χ2v) is 10.8. The molecule has 0 saturated carbocycles. The molecule has 0 aliphatic heterocycles. The minimum Gasteiger partial charge on any atom is -0.290 e. The zero-order valence-electron chi connectivity index (χ0n) is 15.5. The van der Waals surface area contributed by atoms with E-state index in [0.717, 1.165) is 47.0 Å². The summed E-state index contributed by atoms with van der Waals surface area (Å²) in [7, 11) is -2.90. The fourth-order valence-electron chi connectivity index (χ4n) is 3.42. The van der Waals surface area contributed by atoms with Crippen LogP contribution in [0.15, 0.2) is 39.1 Å². The Morgan fingerprint density at radius 3 is 2.59 bits per heavy atom. The van der Waals surface area contributed by atoms with Gasteiger partial charge in [-0.2, -0.15) is 8.78 Å². The highest BCUT2D eigenvalue weighted by molar-refractivity contribution is 7.98. The largest absolute Gasteiger partial charge is 0.341 e. The van der Waals surface area contributed by atoms with Gasteiger partial charge in [0.15, 0.2) is 5.16 Å². The second kappa shape index (κ2) is 7.81. The molecule has 0 atom stereocenters. The maximum absolute atomic E-state index is 12.9. The van der Waals surface area contributed by atoms with Crippen molar-refractivity contribution in [3.63, 3.8) is 0 Å². The Morgan fingerprint density at radius 1 is 1.21 bits per heavy atom. The average molecular weight is 457 g/mol. The molecule has 1 aromatic carbocycles. The molecule has 1 aliphatic carbocycles. The highest BCUT2D eigenvalue weighted by Gasteiger charge is 2.26. The number of thioether (sulfide) groups is 1. The Morgan fingerprint density at radius 2 is 1.90 bits per heavy atom. The third kappa shape index (κ3) is 3.73. The van der Waals surface area contributed by atoms with E-state index in [1.54, 1.807) is 23.0 Å². The van der Waals surface area contributed by atoms with Gasteiger partial charge in [0.05, 0.1) is 10.3 Å². The predicted octanol–water partition coefficient (Wildman–Crippen LogP) is 4.16. The number of hydrogen-bond acceptors (Lipinski definition) is 6. The van der Waals surface area contributed by atoms with Gasteiger partial charge in [-0.15, -0.1) is 11.3 Å². The van der Waals surface area contributed by atoms with Gasteiger partial charge in [0.1, 0.15) is 4.83 Å². The zero-order chi connectivity index (χ0) is 20.8. The number of thiophene rings is 1. The summed E-state index contributed by atoms with van der Waals surface area (Å²) in [5.41, 5.74) is 1.86. The zero-order valence-corrected chi connectivity index (χ0v) is 18.0. The van der Waals surface area contributed by atoms with Gasteiger partial charge in [-0.05, 0) is 48.9 Å². The van der Waals surface area contributed by atoms with E-state index >= 15 is 0 Å². The van der Waals surface area contributed by atoms with Crippen molar-refractivity contribution in [1.82, 2.24) is 9.55 Å². The molecule has 0 spiro atoms. The number of fused-ring (bicyclic) bond motifs is 3. The van der Waals surface area contributed by atoms with Gasteiger partial charge >= 0.3 is 5.76 Å². The molecule has 3 aromatic rings. The number of benzene rings is 1. The van der Waals surface area contributed by atoms with Crippen LogP contribution >= 0.6 is 23.1 Å². The summed E-state index contributed by atoms with van der Waals surface area (Å²) in [5.74, 6) is -3.00. The van der Waals surface area contributed by atoms with Crippen LogP contribution in [0.2, 0.25) is 0 Å². The molecule has 0 N–H and O–H groups in total. The fraction of sp³-hybridized carbons (Fsp3) is 0.368. The van der Waals surface area contributed by atoms with Crippen molar-refractivity contribution in [3.8, 4) is 0 Å². The standard InChI is InChI=1S/C19H18F2N2O3S3/c1-23-17(24)15-13-4-2-3-5-14(13)28-16(15)22-19(23)27-10-11-6-8-12(9-7-11)29(25,26)18(20)21/h6-9,18H,2-5,10H2,1H3. The fourth-order valence-corrected chi connectivity index (χ4v) is 6.37. The summed E-state index contributed by atoms with van der Waals surface area (Å²) in [6, 6.07) is 5.37. The average Bonchev–Trinajstić information content (AvgIpc) is 3.08. The summed E-state index contributed by atoms with van der Waals surface area (Å²) in [5, 5.41) is 1.31. The maximum Gasteiger partial charge on any atom is 0.341 e. The third-order valence-electron chi connectivity index (χ3n) is 5.01. The molecule has 4 rings (SSSR count). The molecule has 0 bridgehead atoms. The molecular formula is C19H18F2N2O3S3. The Kier molecular flexibility index (Phi) is 5.52. The van der Waals surface area contributed by atoms with Gasteiger partial charge in [-0.1, -0.05) is 23.9 Å². The Balaban J connectivity index is 1.59. The topological polar surface area (TPSA) is 69.0 Å². The molecule has 29 heavy (non-hydrogen) atoms. The monoisotopic (exact) mass is 456 g/mol. The number of halogens is 2. The van der Waals surface area contributed by atoms with E-state index in [4.69, 9.17) is 0 Å². The van der Waals surface area contributed by atoms with Gasteiger partial charge in [0, 0.05) is 17.7 Å². The molecule has 0 amide bonds. The summed E-state index contributed by atoms with van der Waals surface area (Å²) < 4.78 is 49.8. The lowest BCUT2D eigenvalue weighted by atomic mass is 9.97. The van der Waals surface area contributed by atoms with Crippen molar-refractivity contribution < 1.29 is 17.2 Å². The van der Waals surface area contributed by atoms with E-state index < -0.39 is 20.5 Å². The lowest BCUT2D eigenvalue weighted by Gasteiger charge is -2.11. The number of nitrogens with zero attached hydrogens (tertiary/aromatic N) is 2. The molecule has 2 aromatic heterocycles. The van der Waals surface area contributed by atoms with Crippen LogP contribution in [-0.4, -0.2) is 23.7 Å². The van der Waals surface area contributed by atoms with Gasteiger partial charge in [0.25, 0.3) is 5.56 Å². The SMILES string of the molecule is Cn1c(SCc2ccc(S(=O)(=O)C(F)F)cc2)nc2sc3c(c2c1=O)CCCC3. The first kappa shape index (κ1) is 20.5. The molecule has 0 fully saturated rings. The molecule has 0 saturated heterocycles. The van der Waals surface area contributed by atoms with Crippen molar-refractivity contribution in [2.24, 2.45) is 7.05 Å². The van der Waals surface area contributed by atoms with E-state index in [0.29, 0.717) is 10.9 Å². The van der Waals surface area contributed by atoms with Gasteiger partial charge in [0.2, 0.25) is 9.84 Å². The van der Waals surface area contributed by atoms with Crippen LogP contribution in [0.3, 0.4) is 0 Å². The van der Waals surface area contributed by atoms with E-state index in [1.165, 1.54) is 40.9 Å². The minimum absolute atomic E-state index is 0.0460. The molecule has 0 radical (unpaired) electrons. The highest BCUT2D eigenvalue weighted by atomic mass is 32.2. The van der Waals surface area contributed by atoms with Crippen molar-refractivity contribution in [1.29, 1.82) is 0 Å². The molecule has 2 heterocycles. The quantitative estimate of drug-likeness (QED) is 0.426. The molecule has 154 valence electrons. The van der Waals surface area contributed by atoms with E-state index in [9.17, 15) is 22.0 Å². The van der Waals surface area contributed by atoms with Crippen LogP contribution < -0.4 is 5.56 Å². The summed E-state index contributed by atoms with van der Waals surface area (Å²) in [6.07, 6.45) is 4.15. The Hall–Kier alpha value is -1.78. The molecule has 5 nitrogen and oxygen atoms in total. The molecule has 10 heteroatoms. The van der Waals surface area contributed by atoms with Crippen LogP contribution in [0, 0.1) is 0 Å². The number of rotatable bonds is 5. The van der Waals surface area contributed by atoms with Crippen molar-refractivity contribution in [2.75, 3.05) is 0 Å². The highest BCUT2D eigenvalue weighted by Crippen LogP contribution is 2.35. The van der Waals surface area contributed by atoms with Crippen LogP contribution in [0.4, 0.5) is 8.78 Å². The van der Waals surface area contributed by atoms with Crippen molar-refractivity contribution in [2.45, 2.75) is 47.2 Å². The van der Waals surface area contributed by atoms with Gasteiger partial charge in [-0.3, -0.25) is 9.36 Å². The number of sulfone groups is 1. The summed E-state index contributed by atoms with van der Waals surface area (Å²) in [4.78, 5) is 19.2. The lowest BCUT2D eigenvalue weighted by Crippen LogP contribution is -2.20. The van der Waals surface area contributed by atoms with Crippen LogP contribution in [0.25, 0.3) is 10.2 Å². The number of alkyl halides is 2. The van der Waals surface area contributed by atoms with E-state index in [1.807, 2.05) is 0 Å². The summed E-state index contributed by atoms with van der Waals surface area (Å²) >= 11 is 2.95. The van der Waals surface area contributed by atoms with Crippen LogP contribution in [0.1, 0.15) is 28.8 Å². The Labute approximate surface area is 174 Å². The number of aromatic nitrogens is 2. The first-order valence-electron chi connectivity index (χ1n) is 9.04. The van der Waals surface area contributed by atoms with Crippen molar-refractivity contribution in [3.05, 3.63) is 50.6 Å². The van der Waals surface area contributed by atoms with Gasteiger partial charge in [-0.25, -0.2) is 13.4 Å². The van der Waals surface area contributed by atoms with Gasteiger partial charge < -0.3 is 0 Å². The van der Waals surface area contributed by atoms with Crippen LogP contribution in [-0.2, 0) is 35.5 Å². The number of hydrogen-bond donors (Lipinski definition) is 0. The smallest absolute Gasteiger partial charge is 0.290 e. The van der Waals surface area contributed by atoms with E-state index in [2.05, 4.69) is 4.98 Å². The van der Waals surface area contributed by atoms with E-state index in [-0.39, 0.29) is 5.56 Å². The van der Waals surface area contributed by atoms with Crippen LogP contribution in [0.5, 0.6) is 0 Å². The first-order valence-corrected chi connectivity index (χ1v) is 12.4. The first-order chi connectivity index (χ1) is 13.8. The number of aryl methyl sites for hydroxylation is 2.